The number of nitrogens with one attached hydrogen (secondary N) is 1. The predicted molar refractivity (Wildman–Crippen MR) is 67.9 cm³/mol. The molecule has 98 valence electrons. The van der Waals surface area contributed by atoms with Gasteiger partial charge in [-0.25, -0.2) is 9.59 Å². The van der Waals surface area contributed by atoms with Gasteiger partial charge in [0.1, 0.15) is 0 Å². The van der Waals surface area contributed by atoms with Gasteiger partial charge in [0.15, 0.2) is 0 Å². The molecule has 0 radical (unpaired) electrons. The van der Waals surface area contributed by atoms with Gasteiger partial charge in [-0.1, -0.05) is 19.9 Å². The summed E-state index contributed by atoms with van der Waals surface area (Å²) in [6, 6.07) is 4.70. The fraction of sp³-hybridized carbons (Fsp3) is 0.385. The van der Waals surface area contributed by atoms with Crippen LogP contribution in [0.2, 0.25) is 0 Å². The Morgan fingerprint density at radius 1 is 1.39 bits per heavy atom. The molecule has 0 unspecified atom stereocenters. The molecule has 0 aliphatic carbocycles. The van der Waals surface area contributed by atoms with Crippen LogP contribution < -0.4 is 5.32 Å². The van der Waals surface area contributed by atoms with Crippen LogP contribution in [0.4, 0.5) is 10.5 Å². The average molecular weight is 251 g/mol. The van der Waals surface area contributed by atoms with Gasteiger partial charge in [-0.2, -0.15) is 0 Å². The van der Waals surface area contributed by atoms with Crippen molar-refractivity contribution in [2.75, 3.05) is 11.9 Å². The molecule has 1 rings (SSSR count). The number of ether oxygens (including phenoxy) is 1. The summed E-state index contributed by atoms with van der Waals surface area (Å²) in [4.78, 5) is 22.4. The van der Waals surface area contributed by atoms with Gasteiger partial charge >= 0.3 is 12.1 Å². The maximum Gasteiger partial charge on any atom is 0.411 e. The number of aromatic carboxylic acids is 1. The van der Waals surface area contributed by atoms with Gasteiger partial charge in [-0.05, 0) is 30.5 Å². The van der Waals surface area contributed by atoms with Gasteiger partial charge in [0, 0.05) is 5.69 Å². The van der Waals surface area contributed by atoms with E-state index in [1.165, 1.54) is 6.07 Å². The molecule has 2 N–H and O–H groups in total. The van der Waals surface area contributed by atoms with Crippen molar-refractivity contribution in [3.05, 3.63) is 29.3 Å². The summed E-state index contributed by atoms with van der Waals surface area (Å²) in [6.07, 6.45) is -0.575. The molecule has 5 nitrogen and oxygen atoms in total. The molecule has 0 aliphatic heterocycles. The molecular formula is C13H17NO4. The van der Waals surface area contributed by atoms with Crippen LogP contribution in [-0.2, 0) is 4.74 Å². The molecule has 1 aromatic rings. The number of carbonyl (C=O) groups excluding carboxylic acids is 1. The number of carbonyl (C=O) groups is 2. The highest BCUT2D eigenvalue weighted by Crippen LogP contribution is 2.19. The van der Waals surface area contributed by atoms with Crippen molar-refractivity contribution >= 4 is 17.7 Å². The Morgan fingerprint density at radius 2 is 2.06 bits per heavy atom. The van der Waals surface area contributed by atoms with Crippen molar-refractivity contribution in [2.45, 2.75) is 20.8 Å². The van der Waals surface area contributed by atoms with E-state index in [4.69, 9.17) is 9.84 Å². The highest BCUT2D eigenvalue weighted by atomic mass is 16.5. The topological polar surface area (TPSA) is 75.6 Å². The van der Waals surface area contributed by atoms with Gasteiger partial charge in [-0.15, -0.1) is 0 Å². The van der Waals surface area contributed by atoms with Crippen molar-refractivity contribution in [3.8, 4) is 0 Å². The molecule has 5 heteroatoms. The standard InChI is InChI=1S/C13H17NO4/c1-8(2)7-18-13(17)14-11-6-4-5-10(9(11)3)12(15)16/h4-6,8H,7H2,1-3H3,(H,14,17)(H,15,16). The molecule has 1 amide bonds. The monoisotopic (exact) mass is 251 g/mol. The maximum atomic E-state index is 11.5. The Kier molecular flexibility index (Phi) is 4.71. The second kappa shape index (κ2) is 6.05. The van der Waals surface area contributed by atoms with E-state index in [0.717, 1.165) is 0 Å². The molecule has 0 aliphatic rings. The summed E-state index contributed by atoms with van der Waals surface area (Å²) in [5, 5.41) is 11.5. The highest BCUT2D eigenvalue weighted by molar-refractivity contribution is 5.93. The molecular weight excluding hydrogens is 234 g/mol. The lowest BCUT2D eigenvalue weighted by molar-refractivity contribution is 0.0696. The summed E-state index contributed by atoms with van der Waals surface area (Å²) in [5.74, 6) is -0.770. The molecule has 0 saturated carbocycles. The Hall–Kier alpha value is -2.04. The largest absolute Gasteiger partial charge is 0.478 e. The smallest absolute Gasteiger partial charge is 0.411 e. The highest BCUT2D eigenvalue weighted by Gasteiger charge is 2.12. The van der Waals surface area contributed by atoms with Crippen LogP contribution in [0.5, 0.6) is 0 Å². The van der Waals surface area contributed by atoms with E-state index in [2.05, 4.69) is 5.32 Å². The summed E-state index contributed by atoms with van der Waals surface area (Å²) < 4.78 is 4.97. The number of hydrogen-bond donors (Lipinski definition) is 2. The molecule has 0 fully saturated rings. The van der Waals surface area contributed by atoms with E-state index in [1.807, 2.05) is 13.8 Å². The number of rotatable bonds is 4. The minimum Gasteiger partial charge on any atom is -0.478 e. The molecule has 0 heterocycles. The third kappa shape index (κ3) is 3.76. The van der Waals surface area contributed by atoms with Crippen LogP contribution in [0.15, 0.2) is 18.2 Å². The Labute approximate surface area is 106 Å². The van der Waals surface area contributed by atoms with Crippen molar-refractivity contribution in [1.29, 1.82) is 0 Å². The first-order chi connectivity index (χ1) is 8.41. The number of carboxylic acids is 1. The fourth-order valence-electron chi connectivity index (χ4n) is 1.39. The average Bonchev–Trinajstić information content (AvgIpc) is 2.29. The number of benzene rings is 1. The van der Waals surface area contributed by atoms with Gasteiger partial charge in [0.25, 0.3) is 0 Å². The number of carboxylic acid groups (broad SMARTS) is 1. The molecule has 0 bridgehead atoms. The summed E-state index contributed by atoms with van der Waals surface area (Å²) in [5.41, 5.74) is 1.12. The molecule has 0 atom stereocenters. The number of amides is 1. The van der Waals surface area contributed by atoms with Gasteiger partial charge in [0.05, 0.1) is 12.2 Å². The minimum atomic E-state index is -1.02. The normalized spacial score (nSPS) is 10.2. The SMILES string of the molecule is Cc1c(NC(=O)OCC(C)C)cccc1C(=O)O. The van der Waals surface area contributed by atoms with Crippen molar-refractivity contribution < 1.29 is 19.4 Å². The third-order valence-electron chi connectivity index (χ3n) is 2.35. The Morgan fingerprint density at radius 3 is 2.61 bits per heavy atom. The minimum absolute atomic E-state index is 0.164. The zero-order chi connectivity index (χ0) is 13.7. The van der Waals surface area contributed by atoms with E-state index < -0.39 is 12.1 Å². The second-order valence-corrected chi connectivity index (χ2v) is 4.40. The fourth-order valence-corrected chi connectivity index (χ4v) is 1.39. The number of anilines is 1. The van der Waals surface area contributed by atoms with Crippen LogP contribution in [0.1, 0.15) is 29.8 Å². The van der Waals surface area contributed by atoms with Crippen LogP contribution in [-0.4, -0.2) is 23.8 Å². The van der Waals surface area contributed by atoms with Gasteiger partial charge in [0.2, 0.25) is 0 Å². The molecule has 0 saturated heterocycles. The van der Waals surface area contributed by atoms with Crippen molar-refractivity contribution in [3.63, 3.8) is 0 Å². The predicted octanol–water partition coefficient (Wildman–Crippen LogP) is 2.90. The summed E-state index contributed by atoms with van der Waals surface area (Å²) >= 11 is 0. The summed E-state index contributed by atoms with van der Waals surface area (Å²) in [6.45, 7) is 5.83. The second-order valence-electron chi connectivity index (χ2n) is 4.40. The maximum absolute atomic E-state index is 11.5. The lowest BCUT2D eigenvalue weighted by Gasteiger charge is -2.11. The van der Waals surface area contributed by atoms with Crippen LogP contribution >= 0.6 is 0 Å². The molecule has 0 aromatic heterocycles. The van der Waals surface area contributed by atoms with Crippen LogP contribution in [0.25, 0.3) is 0 Å². The Bertz CT molecular complexity index is 454. The molecule has 1 aromatic carbocycles. The van der Waals surface area contributed by atoms with E-state index >= 15 is 0 Å². The lowest BCUT2D eigenvalue weighted by atomic mass is 10.1. The third-order valence-corrected chi connectivity index (χ3v) is 2.35. The van der Waals surface area contributed by atoms with E-state index in [-0.39, 0.29) is 11.5 Å². The zero-order valence-electron chi connectivity index (χ0n) is 10.7. The molecule has 0 spiro atoms. The zero-order valence-corrected chi connectivity index (χ0v) is 10.7. The first-order valence-corrected chi connectivity index (χ1v) is 5.68. The number of hydrogen-bond acceptors (Lipinski definition) is 3. The van der Waals surface area contributed by atoms with E-state index in [9.17, 15) is 9.59 Å². The van der Waals surface area contributed by atoms with Crippen molar-refractivity contribution in [1.82, 2.24) is 0 Å². The first-order valence-electron chi connectivity index (χ1n) is 5.68. The first kappa shape index (κ1) is 14.0. The van der Waals surface area contributed by atoms with E-state index in [1.54, 1.807) is 19.1 Å². The molecule has 18 heavy (non-hydrogen) atoms. The van der Waals surface area contributed by atoms with E-state index in [0.29, 0.717) is 17.9 Å². The lowest BCUT2D eigenvalue weighted by Crippen LogP contribution is -2.17. The quantitative estimate of drug-likeness (QED) is 0.862. The van der Waals surface area contributed by atoms with Crippen molar-refractivity contribution in [2.24, 2.45) is 5.92 Å². The van der Waals surface area contributed by atoms with Crippen LogP contribution in [0, 0.1) is 12.8 Å². The van der Waals surface area contributed by atoms with Gasteiger partial charge < -0.3 is 9.84 Å². The van der Waals surface area contributed by atoms with Crippen LogP contribution in [0.3, 0.4) is 0 Å². The summed E-state index contributed by atoms with van der Waals surface area (Å²) in [7, 11) is 0. The Balaban J connectivity index is 2.76. The van der Waals surface area contributed by atoms with Gasteiger partial charge in [-0.3, -0.25) is 5.32 Å².